The predicted octanol–water partition coefficient (Wildman–Crippen LogP) is 2.70. The van der Waals surface area contributed by atoms with Crippen LogP contribution in [0.25, 0.3) is 0 Å². The molecule has 5 heteroatoms. The lowest BCUT2D eigenvalue weighted by atomic mass is 10.1. The maximum atomic E-state index is 12.1. The minimum atomic E-state index is 0.0703. The van der Waals surface area contributed by atoms with Gasteiger partial charge in [-0.15, -0.1) is 0 Å². The van der Waals surface area contributed by atoms with Gasteiger partial charge in [0.1, 0.15) is 5.75 Å². The molecule has 0 radical (unpaired) electrons. The lowest BCUT2D eigenvalue weighted by Gasteiger charge is -2.34. The fourth-order valence-electron chi connectivity index (χ4n) is 3.26. The summed E-state index contributed by atoms with van der Waals surface area (Å²) in [7, 11) is 3.82. The second kappa shape index (κ2) is 9.42. The first-order valence-electron chi connectivity index (χ1n) is 9.56. The smallest absolute Gasteiger partial charge is 0.220 e. The molecule has 1 aliphatic rings. The number of carbonyl (C=O) groups is 1. The summed E-state index contributed by atoms with van der Waals surface area (Å²) in [5.74, 6) is 0.898. The Morgan fingerprint density at radius 2 is 1.78 bits per heavy atom. The number of amides is 1. The Balaban J connectivity index is 1.43. The number of ether oxygens (including phenoxy) is 1. The first kappa shape index (κ1) is 19.2. The summed E-state index contributed by atoms with van der Waals surface area (Å²) in [5.41, 5.74) is 3.50. The van der Waals surface area contributed by atoms with E-state index in [1.807, 2.05) is 24.3 Å². The molecule has 2 aromatic rings. The van der Waals surface area contributed by atoms with Crippen molar-refractivity contribution in [2.45, 2.75) is 19.4 Å². The third-order valence-electron chi connectivity index (χ3n) is 5.07. The van der Waals surface area contributed by atoms with E-state index in [1.54, 1.807) is 7.11 Å². The van der Waals surface area contributed by atoms with Crippen molar-refractivity contribution in [1.82, 2.24) is 10.2 Å². The van der Waals surface area contributed by atoms with Gasteiger partial charge in [-0.3, -0.25) is 4.79 Å². The van der Waals surface area contributed by atoms with Crippen LogP contribution in [0, 0.1) is 0 Å². The number of rotatable bonds is 7. The maximum Gasteiger partial charge on any atom is 0.220 e. The summed E-state index contributed by atoms with van der Waals surface area (Å²) in [6.45, 7) is 4.91. The Bertz CT molecular complexity index is 737. The van der Waals surface area contributed by atoms with Crippen LogP contribution >= 0.6 is 0 Å². The van der Waals surface area contributed by atoms with Crippen LogP contribution in [0.3, 0.4) is 0 Å². The summed E-state index contributed by atoms with van der Waals surface area (Å²) in [6, 6.07) is 16.4. The zero-order valence-corrected chi connectivity index (χ0v) is 16.3. The highest BCUT2D eigenvalue weighted by Gasteiger charge is 2.14. The van der Waals surface area contributed by atoms with Crippen LogP contribution in [0.15, 0.2) is 48.5 Å². The molecule has 0 spiro atoms. The molecule has 0 bridgehead atoms. The molecular weight excluding hydrogens is 338 g/mol. The molecule has 1 fully saturated rings. The second-order valence-electron chi connectivity index (χ2n) is 7.09. The summed E-state index contributed by atoms with van der Waals surface area (Å²) < 4.78 is 5.22. The molecule has 1 amide bonds. The molecule has 1 heterocycles. The van der Waals surface area contributed by atoms with Crippen molar-refractivity contribution in [1.29, 1.82) is 0 Å². The molecule has 1 saturated heterocycles. The summed E-state index contributed by atoms with van der Waals surface area (Å²) in [6.07, 6.45) is 1.19. The quantitative estimate of drug-likeness (QED) is 0.817. The standard InChI is InChI=1S/C22H29N3O2/c1-24-12-14-25(15-13-24)20-9-6-19(7-10-20)17-23-22(26)11-8-18-4-3-5-21(16-18)27-2/h3-7,9-10,16H,8,11-15,17H2,1-2H3,(H,23,26). The number of carbonyl (C=O) groups excluding carboxylic acids is 1. The lowest BCUT2D eigenvalue weighted by Crippen LogP contribution is -2.44. The lowest BCUT2D eigenvalue weighted by molar-refractivity contribution is -0.121. The average molecular weight is 367 g/mol. The number of anilines is 1. The monoisotopic (exact) mass is 367 g/mol. The van der Waals surface area contributed by atoms with Gasteiger partial charge < -0.3 is 19.9 Å². The van der Waals surface area contributed by atoms with Gasteiger partial charge in [0.25, 0.3) is 0 Å². The molecule has 0 atom stereocenters. The number of hydrogen-bond donors (Lipinski definition) is 1. The van der Waals surface area contributed by atoms with Gasteiger partial charge in [0, 0.05) is 44.8 Å². The highest BCUT2D eigenvalue weighted by Crippen LogP contribution is 2.17. The zero-order chi connectivity index (χ0) is 19.1. The zero-order valence-electron chi connectivity index (χ0n) is 16.3. The van der Waals surface area contributed by atoms with Crippen LogP contribution in [0.5, 0.6) is 5.75 Å². The van der Waals surface area contributed by atoms with Crippen LogP contribution in [0.2, 0.25) is 0 Å². The van der Waals surface area contributed by atoms with Crippen molar-refractivity contribution >= 4 is 11.6 Å². The molecule has 0 saturated carbocycles. The van der Waals surface area contributed by atoms with Gasteiger partial charge >= 0.3 is 0 Å². The molecular formula is C22H29N3O2. The van der Waals surface area contributed by atoms with E-state index in [0.717, 1.165) is 43.1 Å². The van der Waals surface area contributed by atoms with Gasteiger partial charge in [0.15, 0.2) is 0 Å². The number of likely N-dealkylation sites (N-methyl/N-ethyl adjacent to an activating group) is 1. The largest absolute Gasteiger partial charge is 0.497 e. The highest BCUT2D eigenvalue weighted by molar-refractivity contribution is 5.76. The van der Waals surface area contributed by atoms with Crippen LogP contribution < -0.4 is 15.0 Å². The van der Waals surface area contributed by atoms with Gasteiger partial charge in [-0.05, 0) is 48.9 Å². The van der Waals surface area contributed by atoms with E-state index >= 15 is 0 Å². The van der Waals surface area contributed by atoms with Crippen molar-refractivity contribution in [3.63, 3.8) is 0 Å². The van der Waals surface area contributed by atoms with E-state index in [1.165, 1.54) is 5.69 Å². The fraction of sp³-hybridized carbons (Fsp3) is 0.409. The van der Waals surface area contributed by atoms with Crippen LogP contribution in [-0.2, 0) is 17.8 Å². The molecule has 27 heavy (non-hydrogen) atoms. The molecule has 0 aliphatic carbocycles. The van der Waals surface area contributed by atoms with E-state index in [4.69, 9.17) is 4.74 Å². The van der Waals surface area contributed by atoms with Gasteiger partial charge in [-0.25, -0.2) is 0 Å². The van der Waals surface area contributed by atoms with Crippen molar-refractivity contribution in [3.05, 3.63) is 59.7 Å². The minimum absolute atomic E-state index is 0.0703. The predicted molar refractivity (Wildman–Crippen MR) is 109 cm³/mol. The Morgan fingerprint density at radius 3 is 2.48 bits per heavy atom. The molecule has 144 valence electrons. The van der Waals surface area contributed by atoms with Crippen molar-refractivity contribution in [3.8, 4) is 5.75 Å². The topological polar surface area (TPSA) is 44.8 Å². The molecule has 0 unspecified atom stereocenters. The second-order valence-corrected chi connectivity index (χ2v) is 7.09. The van der Waals surface area contributed by atoms with E-state index in [-0.39, 0.29) is 5.91 Å². The van der Waals surface area contributed by atoms with Crippen LogP contribution in [0.1, 0.15) is 17.5 Å². The fourth-order valence-corrected chi connectivity index (χ4v) is 3.26. The number of nitrogens with one attached hydrogen (secondary N) is 1. The van der Waals surface area contributed by atoms with Crippen LogP contribution in [0.4, 0.5) is 5.69 Å². The van der Waals surface area contributed by atoms with Gasteiger partial charge in [-0.1, -0.05) is 24.3 Å². The number of nitrogens with zero attached hydrogens (tertiary/aromatic N) is 2. The highest BCUT2D eigenvalue weighted by atomic mass is 16.5. The minimum Gasteiger partial charge on any atom is -0.497 e. The SMILES string of the molecule is COc1cccc(CCC(=O)NCc2ccc(N3CCN(C)CC3)cc2)c1. The third-order valence-corrected chi connectivity index (χ3v) is 5.07. The number of aryl methyl sites for hydroxylation is 1. The number of benzene rings is 2. The van der Waals surface area contributed by atoms with Crippen molar-refractivity contribution in [2.75, 3.05) is 45.2 Å². The Hall–Kier alpha value is -2.53. The normalized spacial score (nSPS) is 14.8. The van der Waals surface area contributed by atoms with Gasteiger partial charge in [0.05, 0.1) is 7.11 Å². The third kappa shape index (κ3) is 5.73. The summed E-state index contributed by atoms with van der Waals surface area (Å²) in [4.78, 5) is 16.9. The molecule has 3 rings (SSSR count). The van der Waals surface area contributed by atoms with Crippen LogP contribution in [-0.4, -0.2) is 51.1 Å². The molecule has 1 aliphatic heterocycles. The molecule has 2 aromatic carbocycles. The van der Waals surface area contributed by atoms with E-state index in [2.05, 4.69) is 46.4 Å². The van der Waals surface area contributed by atoms with Crippen molar-refractivity contribution in [2.24, 2.45) is 0 Å². The Kier molecular flexibility index (Phi) is 6.71. The summed E-state index contributed by atoms with van der Waals surface area (Å²) in [5, 5.41) is 3.01. The van der Waals surface area contributed by atoms with Gasteiger partial charge in [-0.2, -0.15) is 0 Å². The molecule has 5 nitrogen and oxygen atoms in total. The van der Waals surface area contributed by atoms with E-state index in [9.17, 15) is 4.79 Å². The average Bonchev–Trinajstić information content (AvgIpc) is 2.72. The van der Waals surface area contributed by atoms with E-state index in [0.29, 0.717) is 19.4 Å². The van der Waals surface area contributed by atoms with E-state index < -0.39 is 0 Å². The number of hydrogen-bond acceptors (Lipinski definition) is 4. The summed E-state index contributed by atoms with van der Waals surface area (Å²) >= 11 is 0. The number of piperazine rings is 1. The Labute approximate surface area is 161 Å². The van der Waals surface area contributed by atoms with Gasteiger partial charge in [0.2, 0.25) is 5.91 Å². The van der Waals surface area contributed by atoms with Crippen molar-refractivity contribution < 1.29 is 9.53 Å². The maximum absolute atomic E-state index is 12.1. The first-order valence-corrected chi connectivity index (χ1v) is 9.56. The number of methoxy groups -OCH3 is 1. The first-order chi connectivity index (χ1) is 13.1. The molecule has 1 N–H and O–H groups in total. The molecule has 0 aromatic heterocycles. The Morgan fingerprint density at radius 1 is 1.04 bits per heavy atom.